The van der Waals surface area contributed by atoms with Gasteiger partial charge < -0.3 is 5.73 Å². The van der Waals surface area contributed by atoms with Crippen LogP contribution < -0.4 is 5.73 Å². The second kappa shape index (κ2) is 2.62. The normalized spacial score (nSPS) is 31.0. The minimum absolute atomic E-state index is 0.275. The van der Waals surface area contributed by atoms with E-state index < -0.39 is 0 Å². The Bertz CT molecular complexity index is 218. The van der Waals surface area contributed by atoms with Crippen LogP contribution in [0, 0.1) is 0 Å². The fraction of sp³-hybridized carbons (Fsp3) is 0.714. The lowest BCUT2D eigenvalue weighted by atomic mass is 10.2. The van der Waals surface area contributed by atoms with E-state index in [2.05, 4.69) is 10.3 Å². The molecule has 2 atom stereocenters. The van der Waals surface area contributed by atoms with E-state index in [1.807, 2.05) is 10.9 Å². The van der Waals surface area contributed by atoms with Crippen molar-refractivity contribution >= 4 is 0 Å². The van der Waals surface area contributed by atoms with Crippen molar-refractivity contribution < 1.29 is 0 Å². The molecule has 0 aliphatic heterocycles. The number of nitrogens with two attached hydrogens (primary N) is 1. The Labute approximate surface area is 65.4 Å². The average molecular weight is 152 g/mol. The van der Waals surface area contributed by atoms with Crippen molar-refractivity contribution in [3.63, 3.8) is 0 Å². The first-order valence-corrected chi connectivity index (χ1v) is 3.99. The Kier molecular flexibility index (Phi) is 1.62. The highest BCUT2D eigenvalue weighted by Gasteiger charge is 2.25. The predicted molar refractivity (Wildman–Crippen MR) is 40.9 cm³/mol. The molecule has 1 aliphatic carbocycles. The van der Waals surface area contributed by atoms with E-state index >= 15 is 0 Å². The predicted octanol–water partition coefficient (Wildman–Crippen LogP) is 0.330. The molecule has 2 N–H and O–H groups in total. The van der Waals surface area contributed by atoms with Crippen LogP contribution in [0.3, 0.4) is 0 Å². The SMILES string of the molecule is NC1CCCC1n1ccnn1. The van der Waals surface area contributed by atoms with Crippen LogP contribution in [0.15, 0.2) is 12.4 Å². The highest BCUT2D eigenvalue weighted by atomic mass is 15.4. The summed E-state index contributed by atoms with van der Waals surface area (Å²) in [6.07, 6.45) is 7.06. The average Bonchev–Trinajstić information content (AvgIpc) is 2.55. The summed E-state index contributed by atoms with van der Waals surface area (Å²) in [5.41, 5.74) is 5.88. The number of rotatable bonds is 1. The summed E-state index contributed by atoms with van der Waals surface area (Å²) in [5, 5.41) is 7.69. The first-order valence-electron chi connectivity index (χ1n) is 3.99. The quantitative estimate of drug-likeness (QED) is 0.631. The molecule has 4 nitrogen and oxygen atoms in total. The molecule has 0 radical (unpaired) electrons. The van der Waals surface area contributed by atoms with Crippen molar-refractivity contribution in [2.24, 2.45) is 5.73 Å². The third-order valence-electron chi connectivity index (χ3n) is 2.31. The molecule has 1 fully saturated rings. The first-order chi connectivity index (χ1) is 5.38. The highest BCUT2D eigenvalue weighted by molar-refractivity contribution is 4.85. The smallest absolute Gasteiger partial charge is 0.0693 e. The van der Waals surface area contributed by atoms with Crippen LogP contribution in [0.1, 0.15) is 25.3 Å². The third-order valence-corrected chi connectivity index (χ3v) is 2.31. The zero-order chi connectivity index (χ0) is 7.68. The standard InChI is InChI=1S/C7H12N4/c8-6-2-1-3-7(6)11-5-4-9-10-11/h4-7H,1-3,8H2. The van der Waals surface area contributed by atoms with Crippen molar-refractivity contribution in [2.75, 3.05) is 0 Å². The van der Waals surface area contributed by atoms with Gasteiger partial charge in [-0.1, -0.05) is 5.21 Å². The molecule has 0 spiro atoms. The van der Waals surface area contributed by atoms with E-state index in [0.29, 0.717) is 6.04 Å². The molecule has 0 bridgehead atoms. The van der Waals surface area contributed by atoms with Gasteiger partial charge in [-0.2, -0.15) is 0 Å². The van der Waals surface area contributed by atoms with Crippen LogP contribution in [-0.4, -0.2) is 21.0 Å². The van der Waals surface area contributed by atoms with Gasteiger partial charge in [0.05, 0.1) is 12.2 Å². The topological polar surface area (TPSA) is 56.7 Å². The highest BCUT2D eigenvalue weighted by Crippen LogP contribution is 2.27. The number of nitrogens with zero attached hydrogens (tertiary/aromatic N) is 3. The summed E-state index contributed by atoms with van der Waals surface area (Å²) in [6, 6.07) is 0.661. The molecule has 1 aromatic heterocycles. The molecule has 11 heavy (non-hydrogen) atoms. The van der Waals surface area contributed by atoms with Gasteiger partial charge in [0.2, 0.25) is 0 Å². The molecule has 1 heterocycles. The van der Waals surface area contributed by atoms with E-state index in [9.17, 15) is 0 Å². The molecule has 4 heteroatoms. The van der Waals surface area contributed by atoms with Crippen LogP contribution in [0.5, 0.6) is 0 Å². The molecule has 1 saturated carbocycles. The summed E-state index contributed by atoms with van der Waals surface area (Å²) in [7, 11) is 0. The van der Waals surface area contributed by atoms with Crippen LogP contribution in [0.25, 0.3) is 0 Å². The monoisotopic (exact) mass is 152 g/mol. The van der Waals surface area contributed by atoms with Crippen molar-refractivity contribution in [1.29, 1.82) is 0 Å². The lowest BCUT2D eigenvalue weighted by molar-refractivity contribution is 0.412. The van der Waals surface area contributed by atoms with Crippen LogP contribution in [0.4, 0.5) is 0 Å². The van der Waals surface area contributed by atoms with Crippen LogP contribution in [-0.2, 0) is 0 Å². The Morgan fingerprint density at radius 1 is 1.45 bits per heavy atom. The molecule has 60 valence electrons. The number of aromatic nitrogens is 3. The van der Waals surface area contributed by atoms with Gasteiger partial charge in [0, 0.05) is 12.2 Å². The molecule has 2 rings (SSSR count). The Hall–Kier alpha value is -0.900. The van der Waals surface area contributed by atoms with Crippen molar-refractivity contribution in [3.8, 4) is 0 Å². The van der Waals surface area contributed by atoms with Crippen molar-refractivity contribution in [3.05, 3.63) is 12.4 Å². The van der Waals surface area contributed by atoms with E-state index in [1.54, 1.807) is 6.20 Å². The van der Waals surface area contributed by atoms with E-state index in [0.717, 1.165) is 12.8 Å². The molecule has 0 aromatic carbocycles. The molecule has 1 aliphatic rings. The van der Waals surface area contributed by atoms with Gasteiger partial charge in [-0.15, -0.1) is 5.10 Å². The van der Waals surface area contributed by atoms with Crippen LogP contribution in [0.2, 0.25) is 0 Å². The zero-order valence-electron chi connectivity index (χ0n) is 6.35. The maximum Gasteiger partial charge on any atom is 0.0693 e. The molecular weight excluding hydrogens is 140 g/mol. The fourth-order valence-corrected chi connectivity index (χ4v) is 1.69. The maximum atomic E-state index is 5.88. The maximum absolute atomic E-state index is 5.88. The molecule has 0 saturated heterocycles. The molecule has 1 aromatic rings. The fourth-order valence-electron chi connectivity index (χ4n) is 1.69. The van der Waals surface area contributed by atoms with E-state index in [-0.39, 0.29) is 6.04 Å². The van der Waals surface area contributed by atoms with Crippen LogP contribution >= 0.6 is 0 Å². The molecule has 0 amide bonds. The zero-order valence-corrected chi connectivity index (χ0v) is 6.35. The third kappa shape index (κ3) is 1.14. The Morgan fingerprint density at radius 3 is 2.91 bits per heavy atom. The summed E-state index contributed by atoms with van der Waals surface area (Å²) in [5.74, 6) is 0. The van der Waals surface area contributed by atoms with Crippen molar-refractivity contribution in [2.45, 2.75) is 31.3 Å². The minimum Gasteiger partial charge on any atom is -0.326 e. The van der Waals surface area contributed by atoms with Crippen molar-refractivity contribution in [1.82, 2.24) is 15.0 Å². The lowest BCUT2D eigenvalue weighted by Gasteiger charge is -2.13. The van der Waals surface area contributed by atoms with Gasteiger partial charge in [0.25, 0.3) is 0 Å². The van der Waals surface area contributed by atoms with E-state index in [1.165, 1.54) is 6.42 Å². The van der Waals surface area contributed by atoms with Gasteiger partial charge in [-0.25, -0.2) is 4.68 Å². The van der Waals surface area contributed by atoms with Gasteiger partial charge in [0.15, 0.2) is 0 Å². The summed E-state index contributed by atoms with van der Waals surface area (Å²) in [6.45, 7) is 0. The second-order valence-electron chi connectivity index (χ2n) is 3.05. The van der Waals surface area contributed by atoms with Gasteiger partial charge >= 0.3 is 0 Å². The number of hydrogen-bond acceptors (Lipinski definition) is 3. The summed E-state index contributed by atoms with van der Waals surface area (Å²) < 4.78 is 1.87. The van der Waals surface area contributed by atoms with Gasteiger partial charge in [0.1, 0.15) is 0 Å². The first kappa shape index (κ1) is 6.79. The Balaban J connectivity index is 2.16. The van der Waals surface area contributed by atoms with Gasteiger partial charge in [-0.05, 0) is 19.3 Å². The number of hydrogen-bond donors (Lipinski definition) is 1. The minimum atomic E-state index is 0.275. The molecule has 2 unspecified atom stereocenters. The molecular formula is C7H12N4. The lowest BCUT2D eigenvalue weighted by Crippen LogP contribution is -2.27. The van der Waals surface area contributed by atoms with E-state index in [4.69, 9.17) is 5.73 Å². The Morgan fingerprint density at radius 2 is 2.36 bits per heavy atom. The van der Waals surface area contributed by atoms with Gasteiger partial charge in [-0.3, -0.25) is 0 Å². The largest absolute Gasteiger partial charge is 0.326 e. The summed E-state index contributed by atoms with van der Waals surface area (Å²) in [4.78, 5) is 0. The second-order valence-corrected chi connectivity index (χ2v) is 3.05. The summed E-state index contributed by atoms with van der Waals surface area (Å²) >= 11 is 0.